The third-order valence-electron chi connectivity index (χ3n) is 6.27. The topological polar surface area (TPSA) is 12.9 Å². The fraction of sp³-hybridized carbons (Fsp3) is 0.261. The molecule has 2 aliphatic rings. The Balaban J connectivity index is 1.85. The van der Waals surface area contributed by atoms with Crippen LogP contribution in [0, 0.1) is 0 Å². The van der Waals surface area contributed by atoms with E-state index in [9.17, 15) is 0 Å². The van der Waals surface area contributed by atoms with Gasteiger partial charge in [0.15, 0.2) is 0 Å². The van der Waals surface area contributed by atoms with Crippen LogP contribution in [0.15, 0.2) is 54.6 Å². The van der Waals surface area contributed by atoms with E-state index in [0.717, 1.165) is 5.92 Å². The molecule has 1 heterocycles. The smallest absolute Gasteiger partial charge is 0.0790 e. The van der Waals surface area contributed by atoms with Crippen molar-refractivity contribution in [2.45, 2.75) is 37.5 Å². The van der Waals surface area contributed by atoms with Crippen molar-refractivity contribution < 1.29 is 0 Å². The number of rotatable bonds is 0. The van der Waals surface area contributed by atoms with Crippen LogP contribution in [0.1, 0.15) is 48.8 Å². The van der Waals surface area contributed by atoms with E-state index in [0.29, 0.717) is 5.92 Å². The van der Waals surface area contributed by atoms with Gasteiger partial charge in [0.25, 0.3) is 0 Å². The maximum absolute atomic E-state index is 5.28. The molecule has 3 aromatic carbocycles. The summed E-state index contributed by atoms with van der Waals surface area (Å²) in [5, 5.41) is 6.67. The summed E-state index contributed by atoms with van der Waals surface area (Å²) in [6.45, 7) is 0. The number of fused-ring (bicyclic) bond motifs is 11. The number of hydrogen-bond donors (Lipinski definition) is 0. The van der Waals surface area contributed by atoms with Gasteiger partial charge in [-0.15, -0.1) is 0 Å². The lowest BCUT2D eigenvalue weighted by Crippen LogP contribution is -2.01. The molecule has 2 atom stereocenters. The summed E-state index contributed by atoms with van der Waals surface area (Å²) < 4.78 is 0. The fourth-order valence-electron chi connectivity index (χ4n) is 5.21. The molecule has 24 heavy (non-hydrogen) atoms. The highest BCUT2D eigenvalue weighted by Gasteiger charge is 2.35. The molecule has 2 aliphatic carbocycles. The SMILES string of the molecule is c1ccc2c(c1)c1ccccc1c1nc3c(cc21)C1CCCC3C1. The van der Waals surface area contributed by atoms with E-state index in [1.54, 1.807) is 5.56 Å². The molecule has 1 saturated carbocycles. The molecular weight excluding hydrogens is 290 g/mol. The lowest BCUT2D eigenvalue weighted by Gasteiger charge is -2.17. The van der Waals surface area contributed by atoms with Crippen molar-refractivity contribution in [1.82, 2.24) is 4.98 Å². The molecule has 2 bridgehead atoms. The fourth-order valence-corrected chi connectivity index (χ4v) is 5.21. The molecule has 6 rings (SSSR count). The first-order chi connectivity index (χ1) is 11.9. The lowest BCUT2D eigenvalue weighted by atomic mass is 9.87. The van der Waals surface area contributed by atoms with Crippen LogP contribution < -0.4 is 0 Å². The predicted molar refractivity (Wildman–Crippen MR) is 101 cm³/mol. The maximum Gasteiger partial charge on any atom is 0.0790 e. The van der Waals surface area contributed by atoms with Crippen molar-refractivity contribution in [3.05, 3.63) is 65.9 Å². The van der Waals surface area contributed by atoms with Gasteiger partial charge in [-0.2, -0.15) is 0 Å². The maximum atomic E-state index is 5.28. The molecule has 2 unspecified atom stereocenters. The molecule has 0 saturated heterocycles. The zero-order valence-electron chi connectivity index (χ0n) is 13.6. The van der Waals surface area contributed by atoms with Crippen molar-refractivity contribution in [2.75, 3.05) is 0 Å². The summed E-state index contributed by atoms with van der Waals surface area (Å²) >= 11 is 0. The largest absolute Gasteiger partial charge is 0.252 e. The van der Waals surface area contributed by atoms with Gasteiger partial charge in [-0.3, -0.25) is 4.98 Å². The molecule has 0 aliphatic heterocycles. The second-order valence-corrected chi connectivity index (χ2v) is 7.51. The molecule has 1 aromatic heterocycles. The van der Waals surface area contributed by atoms with Crippen LogP contribution in [-0.4, -0.2) is 4.98 Å². The Bertz CT molecular complexity index is 1040. The van der Waals surface area contributed by atoms with Crippen molar-refractivity contribution >= 4 is 32.4 Å². The van der Waals surface area contributed by atoms with E-state index in [1.807, 2.05) is 0 Å². The van der Waals surface area contributed by atoms with Gasteiger partial charge in [-0.1, -0.05) is 55.0 Å². The van der Waals surface area contributed by atoms with E-state index in [-0.39, 0.29) is 0 Å². The first-order valence-corrected chi connectivity index (χ1v) is 9.14. The Hall–Kier alpha value is -2.41. The molecule has 0 N–H and O–H groups in total. The van der Waals surface area contributed by atoms with E-state index >= 15 is 0 Å². The Morgan fingerprint density at radius 1 is 0.708 bits per heavy atom. The van der Waals surface area contributed by atoms with Crippen LogP contribution in [0.25, 0.3) is 32.4 Å². The second kappa shape index (κ2) is 4.57. The number of benzene rings is 3. The van der Waals surface area contributed by atoms with Crippen LogP contribution in [0.4, 0.5) is 0 Å². The summed E-state index contributed by atoms with van der Waals surface area (Å²) in [5.41, 5.74) is 4.16. The summed E-state index contributed by atoms with van der Waals surface area (Å²) in [6, 6.07) is 20.1. The number of nitrogens with zero attached hydrogens (tertiary/aromatic N) is 1. The minimum Gasteiger partial charge on any atom is -0.252 e. The third kappa shape index (κ3) is 1.57. The Morgan fingerprint density at radius 2 is 1.33 bits per heavy atom. The van der Waals surface area contributed by atoms with Gasteiger partial charge in [0.05, 0.1) is 5.52 Å². The normalized spacial score (nSPS) is 22.3. The standard InChI is InChI=1S/C23H19N/c1-2-10-18-16(8-1)17-9-3-4-11-19(17)23-21(18)13-20-14-6-5-7-15(12-14)22(20)24-23/h1-4,8-11,13-15H,5-7,12H2. The lowest BCUT2D eigenvalue weighted by molar-refractivity contribution is 0.433. The second-order valence-electron chi connectivity index (χ2n) is 7.51. The minimum atomic E-state index is 0.702. The Labute approximate surface area is 141 Å². The van der Waals surface area contributed by atoms with Gasteiger partial charge >= 0.3 is 0 Å². The van der Waals surface area contributed by atoms with E-state index in [4.69, 9.17) is 4.98 Å². The quantitative estimate of drug-likeness (QED) is 0.347. The summed E-state index contributed by atoms with van der Waals surface area (Å²) in [4.78, 5) is 5.28. The minimum absolute atomic E-state index is 0.702. The van der Waals surface area contributed by atoms with E-state index in [1.165, 1.54) is 63.8 Å². The van der Waals surface area contributed by atoms with Crippen molar-refractivity contribution in [2.24, 2.45) is 0 Å². The van der Waals surface area contributed by atoms with E-state index in [2.05, 4.69) is 54.6 Å². The van der Waals surface area contributed by atoms with Gasteiger partial charge in [0.2, 0.25) is 0 Å². The summed E-state index contributed by atoms with van der Waals surface area (Å²) in [6.07, 6.45) is 5.37. The van der Waals surface area contributed by atoms with Crippen molar-refractivity contribution in [1.29, 1.82) is 0 Å². The van der Waals surface area contributed by atoms with Crippen LogP contribution in [0.3, 0.4) is 0 Å². The molecule has 4 aromatic rings. The zero-order chi connectivity index (χ0) is 15.7. The summed E-state index contributed by atoms with van der Waals surface area (Å²) in [5.74, 6) is 1.45. The molecule has 0 amide bonds. The monoisotopic (exact) mass is 309 g/mol. The van der Waals surface area contributed by atoms with Crippen LogP contribution in [-0.2, 0) is 0 Å². The molecular formula is C23H19N. The van der Waals surface area contributed by atoms with Gasteiger partial charge in [-0.25, -0.2) is 0 Å². The highest BCUT2D eigenvalue weighted by atomic mass is 14.7. The summed E-state index contributed by atoms with van der Waals surface area (Å²) in [7, 11) is 0. The highest BCUT2D eigenvalue weighted by Crippen LogP contribution is 2.51. The van der Waals surface area contributed by atoms with Crippen molar-refractivity contribution in [3.63, 3.8) is 0 Å². The van der Waals surface area contributed by atoms with Gasteiger partial charge < -0.3 is 0 Å². The molecule has 1 fully saturated rings. The first kappa shape index (κ1) is 12.9. The molecule has 1 heteroatoms. The van der Waals surface area contributed by atoms with Gasteiger partial charge in [-0.05, 0) is 53.0 Å². The number of hydrogen-bond acceptors (Lipinski definition) is 1. The number of pyridine rings is 1. The average molecular weight is 309 g/mol. The first-order valence-electron chi connectivity index (χ1n) is 9.14. The average Bonchev–Trinajstić information content (AvgIpc) is 2.90. The van der Waals surface area contributed by atoms with Gasteiger partial charge in [0.1, 0.15) is 0 Å². The van der Waals surface area contributed by atoms with Crippen LogP contribution in [0.2, 0.25) is 0 Å². The molecule has 116 valence electrons. The zero-order valence-corrected chi connectivity index (χ0v) is 13.6. The Morgan fingerprint density at radius 3 is 2.12 bits per heavy atom. The van der Waals surface area contributed by atoms with E-state index < -0.39 is 0 Å². The third-order valence-corrected chi connectivity index (χ3v) is 6.27. The van der Waals surface area contributed by atoms with Crippen LogP contribution in [0.5, 0.6) is 0 Å². The van der Waals surface area contributed by atoms with Gasteiger partial charge in [0, 0.05) is 22.4 Å². The predicted octanol–water partition coefficient (Wildman–Crippen LogP) is 6.30. The van der Waals surface area contributed by atoms with Crippen molar-refractivity contribution in [3.8, 4) is 0 Å². The highest BCUT2D eigenvalue weighted by molar-refractivity contribution is 6.24. The molecule has 0 radical (unpaired) electrons. The molecule has 1 nitrogen and oxygen atoms in total. The Kier molecular flexibility index (Phi) is 2.46. The molecule has 0 spiro atoms. The number of aromatic nitrogens is 1. The van der Waals surface area contributed by atoms with Crippen LogP contribution >= 0.6 is 0 Å².